The van der Waals surface area contributed by atoms with E-state index in [2.05, 4.69) is 6.92 Å². The second kappa shape index (κ2) is 5.21. The summed E-state index contributed by atoms with van der Waals surface area (Å²) in [4.78, 5) is 13.8. The Morgan fingerprint density at radius 1 is 1.53 bits per heavy atom. The molecule has 0 spiro atoms. The second-order valence-electron chi connectivity index (χ2n) is 4.91. The van der Waals surface area contributed by atoms with Gasteiger partial charge in [-0.3, -0.25) is 4.79 Å². The number of thioether (sulfide) groups is 1. The van der Waals surface area contributed by atoms with Crippen LogP contribution in [-0.4, -0.2) is 47.1 Å². The van der Waals surface area contributed by atoms with E-state index in [0.29, 0.717) is 6.04 Å². The van der Waals surface area contributed by atoms with Gasteiger partial charge in [0.2, 0.25) is 5.91 Å². The van der Waals surface area contributed by atoms with E-state index in [0.717, 1.165) is 18.1 Å². The molecule has 15 heavy (non-hydrogen) atoms. The number of carbonyl (C=O) groups excluding carboxylic acids is 1. The molecule has 0 aromatic rings. The zero-order valence-corrected chi connectivity index (χ0v) is 10.9. The molecule has 0 saturated carbocycles. The Morgan fingerprint density at radius 2 is 2.20 bits per heavy atom. The zero-order valence-electron chi connectivity index (χ0n) is 10.1. The van der Waals surface area contributed by atoms with Gasteiger partial charge in [0.25, 0.3) is 0 Å². The van der Waals surface area contributed by atoms with Crippen molar-refractivity contribution in [3.63, 3.8) is 0 Å². The molecular formula is C11H21NO2S. The molecule has 0 aliphatic carbocycles. The maximum absolute atomic E-state index is 11.8. The lowest BCUT2D eigenvalue weighted by molar-refractivity contribution is -0.142. The largest absolute Gasteiger partial charge is 0.366 e. The fourth-order valence-corrected chi connectivity index (χ4v) is 2.47. The Morgan fingerprint density at radius 3 is 2.73 bits per heavy atom. The van der Waals surface area contributed by atoms with Crippen LogP contribution in [0.2, 0.25) is 0 Å². The van der Waals surface area contributed by atoms with E-state index in [1.807, 2.05) is 37.4 Å². The van der Waals surface area contributed by atoms with E-state index in [-0.39, 0.29) is 18.1 Å². The lowest BCUT2D eigenvalue weighted by Crippen LogP contribution is -2.46. The quantitative estimate of drug-likeness (QED) is 0.725. The first-order valence-corrected chi connectivity index (χ1v) is 6.57. The molecule has 1 amide bonds. The summed E-state index contributed by atoms with van der Waals surface area (Å²) in [5.41, 5.74) is -0.233. The molecule has 0 bridgehead atoms. The third-order valence-corrected chi connectivity index (χ3v) is 3.51. The molecule has 1 heterocycles. The Balaban J connectivity index is 2.39. The van der Waals surface area contributed by atoms with Crippen molar-refractivity contribution in [2.45, 2.75) is 39.3 Å². The number of hydrogen-bond donors (Lipinski definition) is 0. The number of rotatable bonds is 2. The molecule has 3 nitrogen and oxygen atoms in total. The van der Waals surface area contributed by atoms with Crippen molar-refractivity contribution in [1.29, 1.82) is 0 Å². The summed E-state index contributed by atoms with van der Waals surface area (Å²) in [6.07, 6.45) is 0. The van der Waals surface area contributed by atoms with Gasteiger partial charge >= 0.3 is 0 Å². The van der Waals surface area contributed by atoms with Crippen LogP contribution in [0.5, 0.6) is 0 Å². The summed E-state index contributed by atoms with van der Waals surface area (Å²) in [6, 6.07) is 0.347. The van der Waals surface area contributed by atoms with Gasteiger partial charge < -0.3 is 9.64 Å². The van der Waals surface area contributed by atoms with Crippen LogP contribution in [0.4, 0.5) is 0 Å². The SMILES string of the molecule is CC1CSCCN1C(=O)COC(C)(C)C. The topological polar surface area (TPSA) is 29.5 Å². The molecule has 1 rings (SSSR count). The van der Waals surface area contributed by atoms with Crippen LogP contribution in [-0.2, 0) is 9.53 Å². The van der Waals surface area contributed by atoms with Gasteiger partial charge in [0, 0.05) is 24.1 Å². The molecule has 88 valence electrons. The van der Waals surface area contributed by atoms with E-state index >= 15 is 0 Å². The maximum Gasteiger partial charge on any atom is 0.248 e. The molecular weight excluding hydrogens is 210 g/mol. The zero-order chi connectivity index (χ0) is 11.5. The van der Waals surface area contributed by atoms with Gasteiger partial charge in [-0.15, -0.1) is 0 Å². The molecule has 0 aromatic carbocycles. The molecule has 1 saturated heterocycles. The van der Waals surface area contributed by atoms with Crippen molar-refractivity contribution in [3.8, 4) is 0 Å². The van der Waals surface area contributed by atoms with Gasteiger partial charge in [-0.25, -0.2) is 0 Å². The fraction of sp³-hybridized carbons (Fsp3) is 0.909. The van der Waals surface area contributed by atoms with E-state index in [1.54, 1.807) is 0 Å². The smallest absolute Gasteiger partial charge is 0.248 e. The lowest BCUT2D eigenvalue weighted by atomic mass is 10.2. The summed E-state index contributed by atoms with van der Waals surface area (Å²) < 4.78 is 5.49. The van der Waals surface area contributed by atoms with E-state index in [4.69, 9.17) is 4.74 Å². The summed E-state index contributed by atoms with van der Waals surface area (Å²) in [5.74, 6) is 2.21. The summed E-state index contributed by atoms with van der Waals surface area (Å²) in [7, 11) is 0. The number of ether oxygens (including phenoxy) is 1. The molecule has 1 fully saturated rings. The Labute approximate surface area is 96.5 Å². The summed E-state index contributed by atoms with van der Waals surface area (Å²) >= 11 is 1.91. The minimum absolute atomic E-state index is 0.123. The second-order valence-corrected chi connectivity index (χ2v) is 6.06. The van der Waals surface area contributed by atoms with Gasteiger partial charge in [0.05, 0.1) is 5.60 Å². The molecule has 0 radical (unpaired) electrons. The van der Waals surface area contributed by atoms with Crippen LogP contribution < -0.4 is 0 Å². The van der Waals surface area contributed by atoms with Crippen molar-refractivity contribution in [2.24, 2.45) is 0 Å². The van der Waals surface area contributed by atoms with Gasteiger partial charge in [-0.05, 0) is 27.7 Å². The van der Waals surface area contributed by atoms with Gasteiger partial charge in [0.1, 0.15) is 6.61 Å². The number of nitrogens with zero attached hydrogens (tertiary/aromatic N) is 1. The predicted octanol–water partition coefficient (Wildman–Crippen LogP) is 1.77. The van der Waals surface area contributed by atoms with E-state index in [9.17, 15) is 4.79 Å². The first-order valence-electron chi connectivity index (χ1n) is 5.41. The fourth-order valence-electron chi connectivity index (χ4n) is 1.46. The van der Waals surface area contributed by atoms with E-state index in [1.165, 1.54) is 0 Å². The predicted molar refractivity (Wildman–Crippen MR) is 64.2 cm³/mol. The maximum atomic E-state index is 11.8. The minimum Gasteiger partial charge on any atom is -0.366 e. The Kier molecular flexibility index (Phi) is 4.46. The average Bonchev–Trinajstić information content (AvgIpc) is 2.14. The van der Waals surface area contributed by atoms with Crippen molar-refractivity contribution in [1.82, 2.24) is 4.90 Å². The average molecular weight is 231 g/mol. The normalized spacial score (nSPS) is 22.9. The summed E-state index contributed by atoms with van der Waals surface area (Å²) in [6.45, 7) is 9.07. The number of hydrogen-bond acceptors (Lipinski definition) is 3. The van der Waals surface area contributed by atoms with Crippen LogP contribution in [0.15, 0.2) is 0 Å². The van der Waals surface area contributed by atoms with Crippen molar-refractivity contribution in [2.75, 3.05) is 24.7 Å². The van der Waals surface area contributed by atoms with Crippen LogP contribution in [0.1, 0.15) is 27.7 Å². The van der Waals surface area contributed by atoms with Crippen molar-refractivity contribution < 1.29 is 9.53 Å². The highest BCUT2D eigenvalue weighted by molar-refractivity contribution is 7.99. The van der Waals surface area contributed by atoms with Crippen molar-refractivity contribution in [3.05, 3.63) is 0 Å². The highest BCUT2D eigenvalue weighted by Gasteiger charge is 2.24. The standard InChI is InChI=1S/C11H21NO2S/c1-9-8-15-6-5-12(9)10(13)7-14-11(2,3)4/h9H,5-8H2,1-4H3. The van der Waals surface area contributed by atoms with Crippen LogP contribution >= 0.6 is 11.8 Å². The molecule has 1 aliphatic rings. The third-order valence-electron chi connectivity index (χ3n) is 2.32. The minimum atomic E-state index is -0.233. The Bertz CT molecular complexity index is 225. The van der Waals surface area contributed by atoms with Crippen molar-refractivity contribution >= 4 is 17.7 Å². The van der Waals surface area contributed by atoms with Crippen LogP contribution in [0, 0.1) is 0 Å². The lowest BCUT2D eigenvalue weighted by Gasteiger charge is -2.33. The molecule has 1 atom stereocenters. The van der Waals surface area contributed by atoms with Gasteiger partial charge in [-0.1, -0.05) is 0 Å². The van der Waals surface area contributed by atoms with Gasteiger partial charge in [0.15, 0.2) is 0 Å². The van der Waals surface area contributed by atoms with E-state index < -0.39 is 0 Å². The molecule has 4 heteroatoms. The molecule has 0 aromatic heterocycles. The number of amides is 1. The molecule has 1 aliphatic heterocycles. The monoisotopic (exact) mass is 231 g/mol. The van der Waals surface area contributed by atoms with Gasteiger partial charge in [-0.2, -0.15) is 11.8 Å². The highest BCUT2D eigenvalue weighted by Crippen LogP contribution is 2.16. The van der Waals surface area contributed by atoms with Crippen LogP contribution in [0.3, 0.4) is 0 Å². The highest BCUT2D eigenvalue weighted by atomic mass is 32.2. The molecule has 1 unspecified atom stereocenters. The molecule has 0 N–H and O–H groups in total. The van der Waals surface area contributed by atoms with Crippen LogP contribution in [0.25, 0.3) is 0 Å². The first-order chi connectivity index (χ1) is 6.90. The number of carbonyl (C=O) groups is 1. The first kappa shape index (κ1) is 12.8. The Hall–Kier alpha value is -0.220. The third kappa shape index (κ3) is 4.43. The summed E-state index contributed by atoms with van der Waals surface area (Å²) in [5, 5.41) is 0.